The smallest absolute Gasteiger partial charge is 0.145 e. The Kier molecular flexibility index (Phi) is 5.44. The molecule has 2 N–H and O–H groups in total. The van der Waals surface area contributed by atoms with E-state index in [4.69, 9.17) is 9.72 Å². The van der Waals surface area contributed by atoms with Gasteiger partial charge in [0.25, 0.3) is 0 Å². The van der Waals surface area contributed by atoms with Gasteiger partial charge in [0.05, 0.1) is 25.2 Å². The Balaban J connectivity index is 1.67. The zero-order valence-corrected chi connectivity index (χ0v) is 16.9. The molecule has 0 fully saturated rings. The Morgan fingerprint density at radius 3 is 2.79 bits per heavy atom. The lowest BCUT2D eigenvalue weighted by atomic mass is 10.0. The highest BCUT2D eigenvalue weighted by Crippen LogP contribution is 2.33. The first-order chi connectivity index (χ1) is 14.1. The van der Waals surface area contributed by atoms with Crippen LogP contribution in [0.4, 0.5) is 5.82 Å². The number of fused-ring (bicyclic) bond motifs is 1. The Morgan fingerprint density at radius 1 is 1.07 bits per heavy atom. The standard InChI is InChI=1S/C23H25N5O/c1-28(2)10-9-25-23-15-24-14-22(27-23)17-7-8-21-19(12-17)20(13-26-21)16-5-4-6-18(11-16)29-3/h4-8,11-15,26H,9-10H2,1-3H3,(H,25,27). The van der Waals surface area contributed by atoms with Gasteiger partial charge >= 0.3 is 0 Å². The predicted molar refractivity (Wildman–Crippen MR) is 118 cm³/mol. The average molecular weight is 387 g/mol. The van der Waals surface area contributed by atoms with Crippen molar-refractivity contribution in [2.45, 2.75) is 0 Å². The number of benzene rings is 2. The van der Waals surface area contributed by atoms with Crippen LogP contribution < -0.4 is 10.1 Å². The molecule has 0 bridgehead atoms. The number of rotatable bonds is 7. The highest BCUT2D eigenvalue weighted by Gasteiger charge is 2.10. The van der Waals surface area contributed by atoms with E-state index in [0.717, 1.165) is 57.9 Å². The number of nitrogens with one attached hydrogen (secondary N) is 2. The normalized spacial score (nSPS) is 11.2. The SMILES string of the molecule is COc1cccc(-c2c[nH]c3ccc(-c4cncc(NCCN(C)C)n4)cc23)c1. The summed E-state index contributed by atoms with van der Waals surface area (Å²) in [4.78, 5) is 14.6. The van der Waals surface area contributed by atoms with E-state index in [1.807, 2.05) is 24.4 Å². The molecule has 4 aromatic rings. The number of methoxy groups -OCH3 is 1. The van der Waals surface area contributed by atoms with Crippen LogP contribution in [0.15, 0.2) is 61.1 Å². The molecule has 0 aliphatic rings. The highest BCUT2D eigenvalue weighted by molar-refractivity contribution is 5.97. The molecule has 0 amide bonds. The number of hydrogen-bond acceptors (Lipinski definition) is 5. The van der Waals surface area contributed by atoms with Gasteiger partial charge in [0.1, 0.15) is 11.6 Å². The quantitative estimate of drug-likeness (QED) is 0.496. The first-order valence-corrected chi connectivity index (χ1v) is 9.60. The molecule has 29 heavy (non-hydrogen) atoms. The van der Waals surface area contributed by atoms with Crippen LogP contribution in [0.3, 0.4) is 0 Å². The molecule has 0 radical (unpaired) electrons. The Morgan fingerprint density at radius 2 is 1.97 bits per heavy atom. The highest BCUT2D eigenvalue weighted by atomic mass is 16.5. The molecule has 2 aromatic carbocycles. The second-order valence-electron chi connectivity index (χ2n) is 7.21. The zero-order chi connectivity index (χ0) is 20.2. The van der Waals surface area contributed by atoms with Gasteiger partial charge in [-0.1, -0.05) is 18.2 Å². The first kappa shape index (κ1) is 19.0. The van der Waals surface area contributed by atoms with E-state index in [-0.39, 0.29) is 0 Å². The van der Waals surface area contributed by atoms with Crippen LogP contribution in [0.1, 0.15) is 0 Å². The summed E-state index contributed by atoms with van der Waals surface area (Å²) in [6, 6.07) is 14.4. The van der Waals surface area contributed by atoms with Crippen molar-refractivity contribution in [1.82, 2.24) is 19.9 Å². The van der Waals surface area contributed by atoms with E-state index in [1.54, 1.807) is 19.5 Å². The van der Waals surface area contributed by atoms with Crippen LogP contribution in [-0.2, 0) is 0 Å². The van der Waals surface area contributed by atoms with Crippen LogP contribution in [-0.4, -0.2) is 54.1 Å². The predicted octanol–water partition coefficient (Wildman–Crippen LogP) is 4.27. The van der Waals surface area contributed by atoms with Crippen LogP contribution in [0, 0.1) is 0 Å². The number of nitrogens with zero attached hydrogens (tertiary/aromatic N) is 3. The van der Waals surface area contributed by atoms with Crippen molar-refractivity contribution in [3.05, 3.63) is 61.1 Å². The lowest BCUT2D eigenvalue weighted by Crippen LogP contribution is -2.21. The third-order valence-corrected chi connectivity index (χ3v) is 4.86. The monoisotopic (exact) mass is 387 g/mol. The lowest BCUT2D eigenvalue weighted by Gasteiger charge is -2.11. The van der Waals surface area contributed by atoms with Gasteiger partial charge in [0.15, 0.2) is 0 Å². The molecule has 6 heteroatoms. The maximum atomic E-state index is 5.38. The third-order valence-electron chi connectivity index (χ3n) is 4.86. The lowest BCUT2D eigenvalue weighted by molar-refractivity contribution is 0.415. The van der Waals surface area contributed by atoms with Gasteiger partial charge in [0.2, 0.25) is 0 Å². The van der Waals surface area contributed by atoms with Crippen molar-refractivity contribution >= 4 is 16.7 Å². The van der Waals surface area contributed by atoms with E-state index < -0.39 is 0 Å². The maximum absolute atomic E-state index is 5.38. The fourth-order valence-corrected chi connectivity index (χ4v) is 3.31. The molecule has 0 atom stereocenters. The maximum Gasteiger partial charge on any atom is 0.145 e. The molecule has 2 aromatic heterocycles. The van der Waals surface area contributed by atoms with Gasteiger partial charge < -0.3 is 19.9 Å². The van der Waals surface area contributed by atoms with Crippen LogP contribution >= 0.6 is 0 Å². The average Bonchev–Trinajstić information content (AvgIpc) is 3.17. The summed E-state index contributed by atoms with van der Waals surface area (Å²) < 4.78 is 5.38. The van der Waals surface area contributed by atoms with E-state index in [1.165, 1.54) is 0 Å². The van der Waals surface area contributed by atoms with Gasteiger partial charge in [-0.05, 0) is 43.9 Å². The van der Waals surface area contributed by atoms with Gasteiger partial charge in [0, 0.05) is 41.3 Å². The van der Waals surface area contributed by atoms with Crippen molar-refractivity contribution in [2.24, 2.45) is 0 Å². The fourth-order valence-electron chi connectivity index (χ4n) is 3.31. The van der Waals surface area contributed by atoms with Crippen molar-refractivity contribution in [2.75, 3.05) is 39.6 Å². The second-order valence-corrected chi connectivity index (χ2v) is 7.21. The number of likely N-dealkylation sites (N-methyl/N-ethyl adjacent to an activating group) is 1. The summed E-state index contributed by atoms with van der Waals surface area (Å²) in [5, 5.41) is 4.48. The Labute approximate surface area is 170 Å². The first-order valence-electron chi connectivity index (χ1n) is 9.60. The molecule has 0 spiro atoms. The van der Waals surface area contributed by atoms with Crippen molar-refractivity contribution in [3.8, 4) is 28.1 Å². The number of hydrogen-bond donors (Lipinski definition) is 2. The molecule has 0 saturated heterocycles. The summed E-state index contributed by atoms with van der Waals surface area (Å²) in [6.45, 7) is 1.76. The summed E-state index contributed by atoms with van der Waals surface area (Å²) >= 11 is 0. The van der Waals surface area contributed by atoms with Crippen molar-refractivity contribution in [1.29, 1.82) is 0 Å². The molecular formula is C23H25N5O. The van der Waals surface area contributed by atoms with E-state index in [0.29, 0.717) is 0 Å². The molecule has 2 heterocycles. The summed E-state index contributed by atoms with van der Waals surface area (Å²) in [5.74, 6) is 1.63. The third kappa shape index (κ3) is 4.22. The molecule has 148 valence electrons. The fraction of sp³-hybridized carbons (Fsp3) is 0.217. The molecular weight excluding hydrogens is 362 g/mol. The summed E-state index contributed by atoms with van der Waals surface area (Å²) in [6.07, 6.45) is 5.60. The van der Waals surface area contributed by atoms with Gasteiger partial charge in [-0.3, -0.25) is 4.98 Å². The largest absolute Gasteiger partial charge is 0.497 e. The minimum Gasteiger partial charge on any atom is -0.497 e. The number of aromatic amines is 1. The van der Waals surface area contributed by atoms with E-state index in [2.05, 4.69) is 58.5 Å². The molecule has 0 unspecified atom stereocenters. The van der Waals surface area contributed by atoms with Gasteiger partial charge in [-0.15, -0.1) is 0 Å². The number of anilines is 1. The molecule has 0 aliphatic heterocycles. The summed E-state index contributed by atoms with van der Waals surface area (Å²) in [7, 11) is 5.79. The van der Waals surface area contributed by atoms with E-state index >= 15 is 0 Å². The zero-order valence-electron chi connectivity index (χ0n) is 16.9. The van der Waals surface area contributed by atoms with Gasteiger partial charge in [-0.2, -0.15) is 0 Å². The molecule has 0 aliphatic carbocycles. The second kappa shape index (κ2) is 8.32. The number of aromatic nitrogens is 3. The minimum atomic E-state index is 0.784. The van der Waals surface area contributed by atoms with Crippen LogP contribution in [0.2, 0.25) is 0 Å². The van der Waals surface area contributed by atoms with Crippen molar-refractivity contribution in [3.63, 3.8) is 0 Å². The molecule has 4 rings (SSSR count). The van der Waals surface area contributed by atoms with Crippen LogP contribution in [0.25, 0.3) is 33.3 Å². The number of H-pyrrole nitrogens is 1. The number of ether oxygens (including phenoxy) is 1. The van der Waals surface area contributed by atoms with Crippen molar-refractivity contribution < 1.29 is 4.74 Å². The van der Waals surface area contributed by atoms with E-state index in [9.17, 15) is 0 Å². The van der Waals surface area contributed by atoms with Gasteiger partial charge in [-0.25, -0.2) is 4.98 Å². The molecule has 0 saturated carbocycles. The summed E-state index contributed by atoms with van der Waals surface area (Å²) in [5.41, 5.74) is 5.20. The Bertz CT molecular complexity index is 1120. The Hall–Kier alpha value is -3.38. The minimum absolute atomic E-state index is 0.784. The van der Waals surface area contributed by atoms with Crippen LogP contribution in [0.5, 0.6) is 5.75 Å². The molecule has 6 nitrogen and oxygen atoms in total. The topological polar surface area (TPSA) is 66.1 Å².